The summed E-state index contributed by atoms with van der Waals surface area (Å²) < 4.78 is 5.10. The molecule has 1 saturated heterocycles. The highest BCUT2D eigenvalue weighted by Crippen LogP contribution is 2.21. The van der Waals surface area contributed by atoms with E-state index < -0.39 is 5.79 Å². The molecule has 0 bridgehead atoms. The van der Waals surface area contributed by atoms with Crippen LogP contribution in [0.3, 0.4) is 0 Å². The summed E-state index contributed by atoms with van der Waals surface area (Å²) in [6.07, 6.45) is 0. The Morgan fingerprint density at radius 2 is 2.36 bits per heavy atom. The zero-order valence-electron chi connectivity index (χ0n) is 6.79. The molecule has 0 aromatic heterocycles. The lowest BCUT2D eigenvalue weighted by Gasteiger charge is -2.17. The zero-order chi connectivity index (χ0) is 8.32. The van der Waals surface area contributed by atoms with Gasteiger partial charge in [0.05, 0.1) is 0 Å². The van der Waals surface area contributed by atoms with Gasteiger partial charge in [-0.1, -0.05) is 5.16 Å². The first-order chi connectivity index (χ1) is 5.19. The molecule has 0 amide bonds. The molecule has 0 saturated carbocycles. The Hall–Kier alpha value is -0.650. The number of hydrogen-bond acceptors (Lipinski definition) is 5. The van der Waals surface area contributed by atoms with Crippen LogP contribution in [0.25, 0.3) is 0 Å². The van der Waals surface area contributed by atoms with E-state index in [4.69, 9.17) is 9.62 Å². The summed E-state index contributed by atoms with van der Waals surface area (Å²) >= 11 is 0. The molecule has 11 heavy (non-hydrogen) atoms. The maximum Gasteiger partial charge on any atom is 0.243 e. The summed E-state index contributed by atoms with van der Waals surface area (Å²) in [5, 5.41) is 3.66. The highest BCUT2D eigenvalue weighted by Gasteiger charge is 2.37. The van der Waals surface area contributed by atoms with Crippen LogP contribution in [-0.2, 0) is 19.3 Å². The van der Waals surface area contributed by atoms with E-state index in [-0.39, 0.29) is 6.79 Å². The van der Waals surface area contributed by atoms with Gasteiger partial charge in [-0.05, 0) is 13.8 Å². The minimum Gasteiger partial charge on any atom is -0.399 e. The standard InChI is InChI=1S/C6H11NO4/c1-5(7-8-3)6(2)9-4-10-11-6/h4H2,1-3H3/b7-5+. The van der Waals surface area contributed by atoms with Crippen LogP contribution < -0.4 is 0 Å². The molecule has 1 fully saturated rings. The van der Waals surface area contributed by atoms with Gasteiger partial charge in [-0.15, -0.1) is 0 Å². The fourth-order valence-electron chi connectivity index (χ4n) is 0.682. The minimum absolute atomic E-state index is 0.118. The summed E-state index contributed by atoms with van der Waals surface area (Å²) in [4.78, 5) is 13.9. The molecule has 1 aliphatic rings. The third-order valence-electron chi connectivity index (χ3n) is 1.49. The summed E-state index contributed by atoms with van der Waals surface area (Å²) in [6, 6.07) is 0. The predicted octanol–water partition coefficient (Wildman–Crippen LogP) is 0.661. The first kappa shape index (κ1) is 8.45. The quantitative estimate of drug-likeness (QED) is 0.339. The van der Waals surface area contributed by atoms with Gasteiger partial charge in [-0.25, -0.2) is 4.89 Å². The van der Waals surface area contributed by atoms with Gasteiger partial charge in [-0.3, -0.25) is 0 Å². The van der Waals surface area contributed by atoms with E-state index >= 15 is 0 Å². The van der Waals surface area contributed by atoms with Crippen LogP contribution in [-0.4, -0.2) is 25.4 Å². The Morgan fingerprint density at radius 3 is 2.82 bits per heavy atom. The van der Waals surface area contributed by atoms with Crippen molar-refractivity contribution in [1.29, 1.82) is 0 Å². The molecule has 0 radical (unpaired) electrons. The van der Waals surface area contributed by atoms with E-state index in [0.717, 1.165) is 0 Å². The van der Waals surface area contributed by atoms with E-state index in [2.05, 4.69) is 14.9 Å². The van der Waals surface area contributed by atoms with E-state index in [1.807, 2.05) is 0 Å². The monoisotopic (exact) mass is 161 g/mol. The average Bonchev–Trinajstić information content (AvgIpc) is 2.38. The molecular weight excluding hydrogens is 150 g/mol. The Balaban J connectivity index is 2.63. The molecule has 1 heterocycles. The molecule has 1 atom stereocenters. The topological polar surface area (TPSA) is 49.3 Å². The molecule has 0 aromatic rings. The molecule has 0 N–H and O–H groups in total. The van der Waals surface area contributed by atoms with Gasteiger partial charge in [0, 0.05) is 0 Å². The number of hydrogen-bond donors (Lipinski definition) is 0. The van der Waals surface area contributed by atoms with Gasteiger partial charge in [0.1, 0.15) is 12.8 Å². The number of ether oxygens (including phenoxy) is 1. The Kier molecular flexibility index (Phi) is 2.43. The minimum atomic E-state index is -0.893. The first-order valence-electron chi connectivity index (χ1n) is 3.22. The molecule has 1 unspecified atom stereocenters. The molecule has 0 aromatic carbocycles. The number of rotatable bonds is 2. The predicted molar refractivity (Wildman–Crippen MR) is 36.6 cm³/mol. The molecule has 1 aliphatic heterocycles. The molecule has 0 spiro atoms. The Bertz CT molecular complexity index is 162. The summed E-state index contributed by atoms with van der Waals surface area (Å²) in [6.45, 7) is 3.56. The van der Waals surface area contributed by atoms with Gasteiger partial charge in [0.2, 0.25) is 5.79 Å². The van der Waals surface area contributed by atoms with Crippen molar-refractivity contribution in [2.45, 2.75) is 19.6 Å². The third-order valence-corrected chi connectivity index (χ3v) is 1.49. The van der Waals surface area contributed by atoms with Crippen molar-refractivity contribution in [2.24, 2.45) is 5.16 Å². The Labute approximate surface area is 64.8 Å². The van der Waals surface area contributed by atoms with Crippen molar-refractivity contribution < 1.29 is 19.3 Å². The van der Waals surface area contributed by atoms with Crippen molar-refractivity contribution in [3.63, 3.8) is 0 Å². The summed E-state index contributed by atoms with van der Waals surface area (Å²) in [7, 11) is 1.46. The van der Waals surface area contributed by atoms with Gasteiger partial charge in [0.15, 0.2) is 6.79 Å². The van der Waals surface area contributed by atoms with Crippen LogP contribution in [0.4, 0.5) is 0 Å². The zero-order valence-corrected chi connectivity index (χ0v) is 6.79. The molecule has 64 valence electrons. The fourth-order valence-corrected chi connectivity index (χ4v) is 0.682. The second kappa shape index (κ2) is 3.17. The van der Waals surface area contributed by atoms with E-state index in [1.54, 1.807) is 13.8 Å². The Morgan fingerprint density at radius 1 is 1.64 bits per heavy atom. The van der Waals surface area contributed by atoms with Crippen LogP contribution in [0.1, 0.15) is 13.8 Å². The average molecular weight is 161 g/mol. The van der Waals surface area contributed by atoms with Crippen LogP contribution in [0, 0.1) is 0 Å². The maximum absolute atomic E-state index is 5.10. The number of nitrogens with zero attached hydrogens (tertiary/aromatic N) is 1. The fraction of sp³-hybridized carbons (Fsp3) is 0.833. The van der Waals surface area contributed by atoms with E-state index in [0.29, 0.717) is 5.71 Å². The molecule has 5 nitrogen and oxygen atoms in total. The molecular formula is C6H11NO4. The van der Waals surface area contributed by atoms with Gasteiger partial charge in [0.25, 0.3) is 0 Å². The normalized spacial score (nSPS) is 32.5. The maximum atomic E-state index is 5.10. The van der Waals surface area contributed by atoms with Crippen LogP contribution in [0.2, 0.25) is 0 Å². The van der Waals surface area contributed by atoms with Crippen molar-refractivity contribution in [3.05, 3.63) is 0 Å². The third kappa shape index (κ3) is 1.68. The molecule has 1 rings (SSSR count). The lowest BCUT2D eigenvalue weighted by Crippen LogP contribution is -2.34. The summed E-state index contributed by atoms with van der Waals surface area (Å²) in [5.41, 5.74) is 0.581. The van der Waals surface area contributed by atoms with Crippen molar-refractivity contribution >= 4 is 5.71 Å². The van der Waals surface area contributed by atoms with E-state index in [1.165, 1.54) is 7.11 Å². The van der Waals surface area contributed by atoms with Gasteiger partial charge < -0.3 is 9.57 Å². The molecule has 0 aliphatic carbocycles. The number of oxime groups is 1. The first-order valence-corrected chi connectivity index (χ1v) is 3.22. The highest BCUT2D eigenvalue weighted by molar-refractivity contribution is 5.88. The van der Waals surface area contributed by atoms with Crippen molar-refractivity contribution in [3.8, 4) is 0 Å². The van der Waals surface area contributed by atoms with Gasteiger partial charge >= 0.3 is 0 Å². The van der Waals surface area contributed by atoms with Crippen molar-refractivity contribution in [2.75, 3.05) is 13.9 Å². The highest BCUT2D eigenvalue weighted by atomic mass is 17.3. The largest absolute Gasteiger partial charge is 0.399 e. The smallest absolute Gasteiger partial charge is 0.243 e. The van der Waals surface area contributed by atoms with Crippen LogP contribution >= 0.6 is 0 Å². The second-order valence-corrected chi connectivity index (χ2v) is 2.27. The van der Waals surface area contributed by atoms with E-state index in [9.17, 15) is 0 Å². The SMILES string of the molecule is CO/N=C(\C)C1(C)OCOO1. The van der Waals surface area contributed by atoms with Crippen molar-refractivity contribution in [1.82, 2.24) is 0 Å². The second-order valence-electron chi connectivity index (χ2n) is 2.27. The lowest BCUT2D eigenvalue weighted by molar-refractivity contribution is -0.292. The summed E-state index contributed by atoms with van der Waals surface area (Å²) in [5.74, 6) is -0.893. The van der Waals surface area contributed by atoms with Gasteiger partial charge in [-0.2, -0.15) is 4.89 Å². The lowest BCUT2D eigenvalue weighted by atomic mass is 10.2. The van der Waals surface area contributed by atoms with Crippen LogP contribution in [0.5, 0.6) is 0 Å². The molecule has 5 heteroatoms. The van der Waals surface area contributed by atoms with Crippen LogP contribution in [0.15, 0.2) is 5.16 Å².